The van der Waals surface area contributed by atoms with Gasteiger partial charge >= 0.3 is 0 Å². The highest BCUT2D eigenvalue weighted by atomic mass is 32.1. The third-order valence-corrected chi connectivity index (χ3v) is 3.94. The molecule has 0 saturated carbocycles. The zero-order valence-corrected chi connectivity index (χ0v) is 12.6. The molecule has 4 nitrogen and oxygen atoms in total. The molecular formula is C14H18FN3OS. The molecule has 1 heterocycles. The van der Waals surface area contributed by atoms with Gasteiger partial charge in [0.25, 0.3) is 0 Å². The standard InChI is InChI=1S/C14H18FN3OS/c1-4-12-14(20-18-17-12)13(16-5-2)10-7-6-9(19-3)8-11(10)15/h6-8,13,16H,4-5H2,1-3H3. The summed E-state index contributed by atoms with van der Waals surface area (Å²) < 4.78 is 23.3. The van der Waals surface area contributed by atoms with Crippen molar-refractivity contribution < 1.29 is 9.13 Å². The van der Waals surface area contributed by atoms with Gasteiger partial charge < -0.3 is 10.1 Å². The lowest BCUT2D eigenvalue weighted by Gasteiger charge is -2.18. The number of hydrogen-bond donors (Lipinski definition) is 1. The molecule has 0 spiro atoms. The fraction of sp³-hybridized carbons (Fsp3) is 0.429. The van der Waals surface area contributed by atoms with Crippen LogP contribution in [0, 0.1) is 5.82 Å². The average Bonchev–Trinajstić information content (AvgIpc) is 2.93. The molecule has 0 saturated heterocycles. The van der Waals surface area contributed by atoms with Crippen LogP contribution in [-0.2, 0) is 6.42 Å². The summed E-state index contributed by atoms with van der Waals surface area (Å²) in [5.41, 5.74) is 1.50. The van der Waals surface area contributed by atoms with Crippen LogP contribution < -0.4 is 10.1 Å². The Balaban J connectivity index is 2.43. The van der Waals surface area contributed by atoms with E-state index in [1.54, 1.807) is 12.1 Å². The van der Waals surface area contributed by atoms with Crippen molar-refractivity contribution in [2.75, 3.05) is 13.7 Å². The first kappa shape index (κ1) is 14.9. The minimum atomic E-state index is -0.286. The monoisotopic (exact) mass is 295 g/mol. The lowest BCUT2D eigenvalue weighted by atomic mass is 10.0. The third-order valence-electron chi connectivity index (χ3n) is 3.11. The van der Waals surface area contributed by atoms with Crippen molar-refractivity contribution in [3.63, 3.8) is 0 Å². The summed E-state index contributed by atoms with van der Waals surface area (Å²) in [5, 5.41) is 7.41. The van der Waals surface area contributed by atoms with Crippen LogP contribution in [0.4, 0.5) is 4.39 Å². The predicted octanol–water partition coefficient (Wildman–Crippen LogP) is 2.95. The maximum absolute atomic E-state index is 14.3. The van der Waals surface area contributed by atoms with E-state index >= 15 is 0 Å². The SMILES string of the molecule is CCNC(c1ccc(OC)cc1F)c1snnc1CC. The average molecular weight is 295 g/mol. The van der Waals surface area contributed by atoms with Gasteiger partial charge in [0, 0.05) is 11.6 Å². The van der Waals surface area contributed by atoms with Gasteiger partial charge in [0.15, 0.2) is 0 Å². The lowest BCUT2D eigenvalue weighted by molar-refractivity contribution is 0.410. The van der Waals surface area contributed by atoms with Gasteiger partial charge in [-0.05, 0) is 30.6 Å². The zero-order valence-electron chi connectivity index (χ0n) is 11.8. The molecule has 20 heavy (non-hydrogen) atoms. The highest BCUT2D eigenvalue weighted by molar-refractivity contribution is 7.05. The minimum Gasteiger partial charge on any atom is -0.497 e. The Labute approximate surface area is 122 Å². The number of ether oxygens (including phenoxy) is 1. The number of methoxy groups -OCH3 is 1. The van der Waals surface area contributed by atoms with E-state index in [-0.39, 0.29) is 11.9 Å². The molecule has 2 rings (SSSR count). The number of nitrogens with one attached hydrogen (secondary N) is 1. The van der Waals surface area contributed by atoms with Gasteiger partial charge in [0.05, 0.1) is 23.7 Å². The van der Waals surface area contributed by atoms with Gasteiger partial charge in [0.2, 0.25) is 0 Å². The van der Waals surface area contributed by atoms with Crippen LogP contribution >= 0.6 is 11.5 Å². The van der Waals surface area contributed by atoms with Crippen LogP contribution in [0.15, 0.2) is 18.2 Å². The molecule has 0 aliphatic carbocycles. The molecule has 0 bridgehead atoms. The smallest absolute Gasteiger partial charge is 0.132 e. The Kier molecular flexibility index (Phi) is 5.03. The Morgan fingerprint density at radius 3 is 2.80 bits per heavy atom. The highest BCUT2D eigenvalue weighted by Gasteiger charge is 2.22. The number of hydrogen-bond acceptors (Lipinski definition) is 5. The van der Waals surface area contributed by atoms with Crippen molar-refractivity contribution in [3.8, 4) is 5.75 Å². The first-order valence-electron chi connectivity index (χ1n) is 6.59. The van der Waals surface area contributed by atoms with E-state index in [9.17, 15) is 4.39 Å². The second-order valence-electron chi connectivity index (χ2n) is 4.32. The van der Waals surface area contributed by atoms with Crippen molar-refractivity contribution >= 4 is 11.5 Å². The number of benzene rings is 1. The maximum Gasteiger partial charge on any atom is 0.132 e. The zero-order chi connectivity index (χ0) is 14.5. The number of nitrogens with zero attached hydrogens (tertiary/aromatic N) is 2. The summed E-state index contributed by atoms with van der Waals surface area (Å²) in [6.07, 6.45) is 0.783. The summed E-state index contributed by atoms with van der Waals surface area (Å²) in [7, 11) is 1.53. The van der Waals surface area contributed by atoms with Gasteiger partial charge in [-0.3, -0.25) is 0 Å². The normalized spacial score (nSPS) is 12.4. The number of halogens is 1. The fourth-order valence-electron chi connectivity index (χ4n) is 2.10. The molecule has 0 fully saturated rings. The van der Waals surface area contributed by atoms with E-state index in [1.807, 2.05) is 13.8 Å². The second-order valence-corrected chi connectivity index (χ2v) is 5.10. The van der Waals surface area contributed by atoms with Gasteiger partial charge in [0.1, 0.15) is 11.6 Å². The van der Waals surface area contributed by atoms with Crippen LogP contribution in [0.1, 0.15) is 36.0 Å². The molecule has 0 aliphatic heterocycles. The van der Waals surface area contributed by atoms with E-state index < -0.39 is 0 Å². The maximum atomic E-state index is 14.3. The van der Waals surface area contributed by atoms with Crippen LogP contribution in [0.25, 0.3) is 0 Å². The molecular weight excluding hydrogens is 277 g/mol. The molecule has 2 aromatic rings. The highest BCUT2D eigenvalue weighted by Crippen LogP contribution is 2.30. The molecule has 1 N–H and O–H groups in total. The summed E-state index contributed by atoms with van der Waals surface area (Å²) in [6.45, 7) is 4.75. The van der Waals surface area contributed by atoms with Gasteiger partial charge in [-0.1, -0.05) is 24.4 Å². The number of aryl methyl sites for hydroxylation is 1. The Hall–Kier alpha value is -1.53. The predicted molar refractivity (Wildman–Crippen MR) is 77.8 cm³/mol. The summed E-state index contributed by atoms with van der Waals surface area (Å²) in [5.74, 6) is 0.227. The van der Waals surface area contributed by atoms with Crippen LogP contribution in [0.5, 0.6) is 5.75 Å². The molecule has 1 atom stereocenters. The Morgan fingerprint density at radius 2 is 2.20 bits per heavy atom. The Morgan fingerprint density at radius 1 is 1.40 bits per heavy atom. The molecule has 108 valence electrons. The first-order chi connectivity index (χ1) is 9.71. The van der Waals surface area contributed by atoms with Crippen molar-refractivity contribution in [2.45, 2.75) is 26.3 Å². The molecule has 0 radical (unpaired) electrons. The first-order valence-corrected chi connectivity index (χ1v) is 7.36. The topological polar surface area (TPSA) is 47.0 Å². The summed E-state index contributed by atoms with van der Waals surface area (Å²) >= 11 is 1.31. The quantitative estimate of drug-likeness (QED) is 0.890. The minimum absolute atomic E-state index is 0.221. The fourth-order valence-corrected chi connectivity index (χ4v) is 2.93. The summed E-state index contributed by atoms with van der Waals surface area (Å²) in [6, 6.07) is 4.70. The molecule has 0 amide bonds. The van der Waals surface area contributed by atoms with E-state index in [1.165, 1.54) is 24.7 Å². The summed E-state index contributed by atoms with van der Waals surface area (Å²) in [4.78, 5) is 0.971. The molecule has 1 aromatic carbocycles. The largest absolute Gasteiger partial charge is 0.497 e. The van der Waals surface area contributed by atoms with Crippen molar-refractivity contribution in [1.29, 1.82) is 0 Å². The van der Waals surface area contributed by atoms with Gasteiger partial charge in [-0.2, -0.15) is 0 Å². The molecule has 0 aliphatic rings. The van der Waals surface area contributed by atoms with Crippen LogP contribution in [0.3, 0.4) is 0 Å². The van der Waals surface area contributed by atoms with Crippen molar-refractivity contribution in [1.82, 2.24) is 14.9 Å². The van der Waals surface area contributed by atoms with Crippen molar-refractivity contribution in [2.24, 2.45) is 0 Å². The van der Waals surface area contributed by atoms with E-state index in [0.717, 1.165) is 23.5 Å². The van der Waals surface area contributed by atoms with Gasteiger partial charge in [-0.25, -0.2) is 4.39 Å². The number of rotatable bonds is 6. The van der Waals surface area contributed by atoms with Crippen LogP contribution in [0.2, 0.25) is 0 Å². The van der Waals surface area contributed by atoms with Gasteiger partial charge in [-0.15, -0.1) is 5.10 Å². The van der Waals surface area contributed by atoms with Crippen LogP contribution in [-0.4, -0.2) is 23.2 Å². The van der Waals surface area contributed by atoms with E-state index in [4.69, 9.17) is 4.74 Å². The Bertz CT molecular complexity index is 573. The molecule has 6 heteroatoms. The molecule has 1 unspecified atom stereocenters. The lowest BCUT2D eigenvalue weighted by Crippen LogP contribution is -2.23. The molecule has 1 aromatic heterocycles. The van der Waals surface area contributed by atoms with E-state index in [2.05, 4.69) is 14.9 Å². The van der Waals surface area contributed by atoms with E-state index in [0.29, 0.717) is 11.3 Å². The van der Waals surface area contributed by atoms with Crippen molar-refractivity contribution in [3.05, 3.63) is 40.2 Å². The second kappa shape index (κ2) is 6.76. The third kappa shape index (κ3) is 2.96. The number of aromatic nitrogens is 2.